The van der Waals surface area contributed by atoms with E-state index in [-0.39, 0.29) is 17.6 Å². The Morgan fingerprint density at radius 1 is 1.21 bits per heavy atom. The predicted molar refractivity (Wildman–Crippen MR) is 55.6 cm³/mol. The molecule has 80 valence electrons. The van der Waals surface area contributed by atoms with Gasteiger partial charge in [0, 0.05) is 11.5 Å². The summed E-state index contributed by atoms with van der Waals surface area (Å²) >= 11 is 0. The molecular weight excluding hydrogens is 174 g/mol. The molecule has 4 fully saturated rings. The molecule has 4 saturated carbocycles. The lowest BCUT2D eigenvalue weighted by Crippen LogP contribution is -2.61. The summed E-state index contributed by atoms with van der Waals surface area (Å²) in [4.78, 5) is 0. The average Bonchev–Trinajstić information content (AvgIpc) is 2.12. The van der Waals surface area contributed by atoms with Crippen molar-refractivity contribution in [2.45, 2.75) is 51.2 Å². The second-order valence-corrected chi connectivity index (χ2v) is 6.07. The lowest BCUT2D eigenvalue weighted by Gasteiger charge is -2.61. The summed E-state index contributed by atoms with van der Waals surface area (Å²) in [5, 5.41) is 10.4. The minimum atomic E-state index is -0.102. The first kappa shape index (κ1) is 9.17. The van der Waals surface area contributed by atoms with Crippen LogP contribution in [0, 0.1) is 23.2 Å². The van der Waals surface area contributed by atoms with Gasteiger partial charge in [-0.2, -0.15) is 0 Å². The molecule has 4 aliphatic rings. The summed E-state index contributed by atoms with van der Waals surface area (Å²) in [6.45, 7) is 2.09. The predicted octanol–water partition coefficient (Wildman–Crippen LogP) is 1.52. The van der Waals surface area contributed by atoms with Gasteiger partial charge in [0.15, 0.2) is 0 Å². The normalized spacial score (nSPS) is 57.6. The van der Waals surface area contributed by atoms with Crippen LogP contribution in [-0.2, 0) is 0 Å². The Labute approximate surface area is 85.9 Å². The summed E-state index contributed by atoms with van der Waals surface area (Å²) in [7, 11) is 0. The lowest BCUT2D eigenvalue weighted by atomic mass is 9.46. The molecule has 14 heavy (non-hydrogen) atoms. The van der Waals surface area contributed by atoms with Gasteiger partial charge in [-0.3, -0.25) is 0 Å². The number of hydrogen-bond acceptors (Lipinski definition) is 2. The average molecular weight is 195 g/mol. The van der Waals surface area contributed by atoms with Crippen molar-refractivity contribution in [3.63, 3.8) is 0 Å². The summed E-state index contributed by atoms with van der Waals surface area (Å²) in [5.41, 5.74) is 6.21. The zero-order valence-corrected chi connectivity index (χ0v) is 8.95. The molecule has 0 aliphatic heterocycles. The first-order valence-corrected chi connectivity index (χ1v) is 6.05. The standard InChI is InChI=1S/C12H21NO/c1-7(13)12-5-8-2-9(6-12)4-10(3-8)11(12)14/h7-11,14H,2-6,13H2,1H3/t7?,8-,9+,10?,11-,12?/m1/s1. The number of hydrogen-bond donors (Lipinski definition) is 2. The van der Waals surface area contributed by atoms with Crippen LogP contribution in [0.2, 0.25) is 0 Å². The molecular formula is C12H21NO. The van der Waals surface area contributed by atoms with E-state index in [1.165, 1.54) is 32.1 Å². The maximum absolute atomic E-state index is 10.4. The van der Waals surface area contributed by atoms with Gasteiger partial charge in [0.25, 0.3) is 0 Å². The number of aliphatic hydroxyl groups is 1. The molecule has 3 unspecified atom stereocenters. The fourth-order valence-corrected chi connectivity index (χ4v) is 4.72. The summed E-state index contributed by atoms with van der Waals surface area (Å²) < 4.78 is 0. The van der Waals surface area contributed by atoms with Crippen molar-refractivity contribution in [1.29, 1.82) is 0 Å². The molecule has 0 aromatic rings. The largest absolute Gasteiger partial charge is 0.392 e. The van der Waals surface area contributed by atoms with Crippen LogP contribution in [0.1, 0.15) is 39.0 Å². The van der Waals surface area contributed by atoms with E-state index < -0.39 is 0 Å². The van der Waals surface area contributed by atoms with Gasteiger partial charge in [-0.1, -0.05) is 0 Å². The first-order chi connectivity index (χ1) is 6.62. The van der Waals surface area contributed by atoms with Crippen LogP contribution in [0.3, 0.4) is 0 Å². The van der Waals surface area contributed by atoms with E-state index in [9.17, 15) is 5.11 Å². The van der Waals surface area contributed by atoms with Crippen molar-refractivity contribution in [1.82, 2.24) is 0 Å². The second kappa shape index (κ2) is 2.73. The molecule has 4 bridgehead atoms. The Morgan fingerprint density at radius 2 is 1.79 bits per heavy atom. The Balaban J connectivity index is 1.97. The maximum Gasteiger partial charge on any atom is 0.0639 e. The quantitative estimate of drug-likeness (QED) is 0.666. The Bertz CT molecular complexity index is 237. The van der Waals surface area contributed by atoms with Crippen molar-refractivity contribution >= 4 is 0 Å². The fraction of sp³-hybridized carbons (Fsp3) is 1.00. The highest BCUT2D eigenvalue weighted by Crippen LogP contribution is 2.60. The van der Waals surface area contributed by atoms with E-state index in [0.717, 1.165) is 11.8 Å². The molecule has 0 amide bonds. The minimum Gasteiger partial charge on any atom is -0.392 e. The van der Waals surface area contributed by atoms with Crippen LogP contribution >= 0.6 is 0 Å². The molecule has 4 aliphatic carbocycles. The van der Waals surface area contributed by atoms with Crippen LogP contribution < -0.4 is 5.73 Å². The summed E-state index contributed by atoms with van der Waals surface area (Å²) in [5.74, 6) is 2.33. The maximum atomic E-state index is 10.4. The zero-order valence-electron chi connectivity index (χ0n) is 8.95. The van der Waals surface area contributed by atoms with Crippen molar-refractivity contribution in [3.8, 4) is 0 Å². The van der Waals surface area contributed by atoms with Crippen LogP contribution in [0.25, 0.3) is 0 Å². The third-order valence-electron chi connectivity index (χ3n) is 5.22. The van der Waals surface area contributed by atoms with Gasteiger partial charge in [0.05, 0.1) is 6.10 Å². The van der Waals surface area contributed by atoms with Gasteiger partial charge in [-0.05, 0) is 56.8 Å². The summed E-state index contributed by atoms with van der Waals surface area (Å²) in [6, 6.07) is 0.172. The molecule has 0 aromatic carbocycles. The van der Waals surface area contributed by atoms with Crippen LogP contribution in [-0.4, -0.2) is 17.3 Å². The van der Waals surface area contributed by atoms with E-state index in [4.69, 9.17) is 5.73 Å². The zero-order chi connectivity index (χ0) is 9.92. The fourth-order valence-electron chi connectivity index (χ4n) is 4.72. The van der Waals surface area contributed by atoms with Crippen LogP contribution in [0.4, 0.5) is 0 Å². The molecule has 0 heterocycles. The van der Waals surface area contributed by atoms with Crippen molar-refractivity contribution < 1.29 is 5.11 Å². The third-order valence-corrected chi connectivity index (χ3v) is 5.22. The van der Waals surface area contributed by atoms with Gasteiger partial charge >= 0.3 is 0 Å². The number of nitrogens with two attached hydrogens (primary N) is 1. The SMILES string of the molecule is CC(N)C12C[C@@H]3CC(C[C@@H](C3)C1)[C@H]2O. The highest BCUT2D eigenvalue weighted by atomic mass is 16.3. The van der Waals surface area contributed by atoms with E-state index in [2.05, 4.69) is 6.92 Å². The third kappa shape index (κ3) is 0.989. The topological polar surface area (TPSA) is 46.2 Å². The molecule has 4 rings (SSSR count). The lowest BCUT2D eigenvalue weighted by molar-refractivity contribution is -0.163. The minimum absolute atomic E-state index is 0.0920. The van der Waals surface area contributed by atoms with Gasteiger partial charge < -0.3 is 10.8 Å². The van der Waals surface area contributed by atoms with E-state index in [0.29, 0.717) is 5.92 Å². The second-order valence-electron chi connectivity index (χ2n) is 6.07. The molecule has 0 radical (unpaired) electrons. The summed E-state index contributed by atoms with van der Waals surface area (Å²) in [6.07, 6.45) is 6.24. The molecule has 0 saturated heterocycles. The highest BCUT2D eigenvalue weighted by molar-refractivity contribution is 5.09. The molecule has 0 aromatic heterocycles. The Hall–Kier alpha value is -0.0800. The van der Waals surface area contributed by atoms with Crippen molar-refractivity contribution in [3.05, 3.63) is 0 Å². The van der Waals surface area contributed by atoms with Gasteiger partial charge in [0.1, 0.15) is 0 Å². The van der Waals surface area contributed by atoms with Crippen molar-refractivity contribution in [2.24, 2.45) is 28.9 Å². The Morgan fingerprint density at radius 3 is 2.29 bits per heavy atom. The first-order valence-electron chi connectivity index (χ1n) is 6.05. The molecule has 2 heteroatoms. The molecule has 3 N–H and O–H groups in total. The Kier molecular flexibility index (Phi) is 1.79. The van der Waals surface area contributed by atoms with Crippen molar-refractivity contribution in [2.75, 3.05) is 0 Å². The van der Waals surface area contributed by atoms with Gasteiger partial charge in [-0.25, -0.2) is 0 Å². The van der Waals surface area contributed by atoms with Crippen LogP contribution in [0.15, 0.2) is 0 Å². The molecule has 6 atom stereocenters. The number of rotatable bonds is 1. The van der Waals surface area contributed by atoms with Crippen LogP contribution in [0.5, 0.6) is 0 Å². The van der Waals surface area contributed by atoms with E-state index >= 15 is 0 Å². The smallest absolute Gasteiger partial charge is 0.0639 e. The molecule has 2 nitrogen and oxygen atoms in total. The number of aliphatic hydroxyl groups excluding tert-OH is 1. The molecule has 0 spiro atoms. The highest BCUT2D eigenvalue weighted by Gasteiger charge is 2.57. The monoisotopic (exact) mass is 195 g/mol. The van der Waals surface area contributed by atoms with E-state index in [1.807, 2.05) is 0 Å². The van der Waals surface area contributed by atoms with E-state index in [1.54, 1.807) is 0 Å². The van der Waals surface area contributed by atoms with Gasteiger partial charge in [-0.15, -0.1) is 0 Å². The van der Waals surface area contributed by atoms with Gasteiger partial charge in [0.2, 0.25) is 0 Å².